The van der Waals surface area contributed by atoms with Crippen molar-refractivity contribution in [3.63, 3.8) is 0 Å². The van der Waals surface area contributed by atoms with E-state index in [0.717, 1.165) is 19.1 Å². The molecule has 0 bridgehead atoms. The highest BCUT2D eigenvalue weighted by molar-refractivity contribution is 9.10. The molecule has 0 amide bonds. The first-order valence-electron chi connectivity index (χ1n) is 3.25. The molecule has 12 heavy (non-hydrogen) atoms. The molecular formula is C8H4BrClS2. The summed E-state index contributed by atoms with van der Waals surface area (Å²) in [5, 5.41) is 1.82. The van der Waals surface area contributed by atoms with E-state index in [9.17, 15) is 0 Å². The average molecular weight is 280 g/mol. The minimum Gasteiger partial charge on any atom is -0.131 e. The van der Waals surface area contributed by atoms with Crippen LogP contribution in [0.5, 0.6) is 0 Å². The Hall–Kier alpha value is 0.300. The number of benzene rings is 1. The summed E-state index contributed by atoms with van der Waals surface area (Å²) in [6.45, 7) is 0. The fourth-order valence-electron chi connectivity index (χ4n) is 1.03. The fourth-order valence-corrected chi connectivity index (χ4v) is 2.95. The monoisotopic (exact) mass is 278 g/mol. The molecule has 2 aromatic rings. The van der Waals surface area contributed by atoms with E-state index in [1.165, 1.54) is 4.70 Å². The molecule has 0 unspecified atom stereocenters. The average Bonchev–Trinajstić information content (AvgIpc) is 2.31. The predicted molar refractivity (Wildman–Crippen MR) is 61.8 cm³/mol. The van der Waals surface area contributed by atoms with Gasteiger partial charge < -0.3 is 0 Å². The summed E-state index contributed by atoms with van der Waals surface area (Å²) in [6.07, 6.45) is 0. The van der Waals surface area contributed by atoms with Gasteiger partial charge in [0.2, 0.25) is 0 Å². The van der Waals surface area contributed by atoms with Gasteiger partial charge in [0, 0.05) is 14.6 Å². The molecule has 0 saturated heterocycles. The zero-order chi connectivity index (χ0) is 8.72. The molecule has 0 aliphatic rings. The summed E-state index contributed by atoms with van der Waals surface area (Å²) in [4.78, 5) is 0. The number of rotatable bonds is 0. The third-order valence-corrected chi connectivity index (χ3v) is 4.17. The second kappa shape index (κ2) is 3.22. The molecule has 0 radical (unpaired) electrons. The number of thiophene rings is 1. The van der Waals surface area contributed by atoms with Crippen LogP contribution in [0.3, 0.4) is 0 Å². The smallest absolute Gasteiger partial charge is 0.0767 e. The van der Waals surface area contributed by atoms with Crippen LogP contribution >= 0.6 is 51.5 Å². The highest BCUT2D eigenvalue weighted by Crippen LogP contribution is 2.38. The van der Waals surface area contributed by atoms with E-state index in [4.69, 9.17) is 11.6 Å². The first kappa shape index (κ1) is 8.88. The van der Waals surface area contributed by atoms with Crippen LogP contribution in [0.4, 0.5) is 0 Å². The van der Waals surface area contributed by atoms with Crippen LogP contribution in [0.1, 0.15) is 0 Å². The number of halogens is 2. The molecule has 0 spiro atoms. The van der Waals surface area contributed by atoms with E-state index in [-0.39, 0.29) is 0 Å². The Bertz CT molecular complexity index is 436. The predicted octanol–water partition coefficient (Wildman–Crippen LogP) is 4.61. The van der Waals surface area contributed by atoms with Crippen molar-refractivity contribution >= 4 is 61.6 Å². The van der Waals surface area contributed by atoms with Gasteiger partial charge in [0.05, 0.1) is 9.23 Å². The molecular weight excluding hydrogens is 276 g/mol. The zero-order valence-corrected chi connectivity index (χ0v) is 9.90. The normalized spacial score (nSPS) is 10.9. The van der Waals surface area contributed by atoms with Gasteiger partial charge in [-0.2, -0.15) is 0 Å². The van der Waals surface area contributed by atoms with Crippen molar-refractivity contribution in [2.24, 2.45) is 0 Å². The van der Waals surface area contributed by atoms with Crippen molar-refractivity contribution in [1.29, 1.82) is 0 Å². The van der Waals surface area contributed by atoms with Crippen LogP contribution in [0, 0.1) is 0 Å². The molecule has 0 nitrogen and oxygen atoms in total. The van der Waals surface area contributed by atoms with Crippen LogP contribution < -0.4 is 0 Å². The van der Waals surface area contributed by atoms with Crippen LogP contribution in [0.25, 0.3) is 10.1 Å². The third-order valence-electron chi connectivity index (χ3n) is 1.57. The second-order valence-electron chi connectivity index (χ2n) is 2.36. The summed E-state index contributed by atoms with van der Waals surface area (Å²) in [6, 6.07) is 6.05. The number of thiol groups is 1. The van der Waals surface area contributed by atoms with E-state index in [1.54, 1.807) is 11.3 Å². The molecule has 0 fully saturated rings. The molecule has 1 heterocycles. The van der Waals surface area contributed by atoms with Gasteiger partial charge in [-0.1, -0.05) is 27.5 Å². The molecule has 4 heteroatoms. The van der Waals surface area contributed by atoms with Gasteiger partial charge in [-0.15, -0.1) is 24.0 Å². The van der Waals surface area contributed by atoms with E-state index in [2.05, 4.69) is 28.6 Å². The largest absolute Gasteiger partial charge is 0.131 e. The molecule has 0 aliphatic heterocycles. The van der Waals surface area contributed by atoms with E-state index in [1.807, 2.05) is 18.2 Å². The Morgan fingerprint density at radius 1 is 1.42 bits per heavy atom. The van der Waals surface area contributed by atoms with Gasteiger partial charge in [-0.25, -0.2) is 0 Å². The Balaban J connectivity index is 2.88. The highest BCUT2D eigenvalue weighted by atomic mass is 79.9. The summed E-state index contributed by atoms with van der Waals surface area (Å²) in [5.74, 6) is 0. The molecule has 0 aliphatic carbocycles. The lowest BCUT2D eigenvalue weighted by Gasteiger charge is -1.90. The van der Waals surface area contributed by atoms with Crippen LogP contribution in [0.2, 0.25) is 5.02 Å². The lowest BCUT2D eigenvalue weighted by Crippen LogP contribution is -1.64. The van der Waals surface area contributed by atoms with Crippen molar-refractivity contribution in [3.8, 4) is 0 Å². The van der Waals surface area contributed by atoms with Crippen LogP contribution in [0.15, 0.2) is 26.9 Å². The van der Waals surface area contributed by atoms with Crippen molar-refractivity contribution in [2.45, 2.75) is 4.21 Å². The Morgan fingerprint density at radius 3 is 2.92 bits per heavy atom. The fraction of sp³-hybridized carbons (Fsp3) is 0. The van der Waals surface area contributed by atoms with Gasteiger partial charge in [0.25, 0.3) is 0 Å². The lowest BCUT2D eigenvalue weighted by molar-refractivity contribution is 1.73. The van der Waals surface area contributed by atoms with Gasteiger partial charge >= 0.3 is 0 Å². The highest BCUT2D eigenvalue weighted by Gasteiger charge is 2.06. The summed E-state index contributed by atoms with van der Waals surface area (Å²) >= 11 is 15.3. The van der Waals surface area contributed by atoms with E-state index < -0.39 is 0 Å². The molecule has 1 aromatic heterocycles. The first-order chi connectivity index (χ1) is 5.68. The van der Waals surface area contributed by atoms with Crippen molar-refractivity contribution < 1.29 is 0 Å². The maximum atomic E-state index is 6.03. The second-order valence-corrected chi connectivity index (χ2v) is 5.46. The zero-order valence-electron chi connectivity index (χ0n) is 5.84. The Labute approximate surface area is 93.1 Å². The topological polar surface area (TPSA) is 0 Å². The van der Waals surface area contributed by atoms with Crippen molar-refractivity contribution in [3.05, 3.63) is 27.7 Å². The number of fused-ring (bicyclic) bond motifs is 1. The maximum absolute atomic E-state index is 6.03. The Kier molecular flexibility index (Phi) is 2.38. The minimum atomic E-state index is 0.750. The molecule has 0 atom stereocenters. The molecule has 0 saturated carbocycles. The summed E-state index contributed by atoms with van der Waals surface area (Å²) in [7, 11) is 0. The van der Waals surface area contributed by atoms with E-state index >= 15 is 0 Å². The summed E-state index contributed by atoms with van der Waals surface area (Å²) in [5.41, 5.74) is 0. The van der Waals surface area contributed by atoms with Crippen molar-refractivity contribution in [2.75, 3.05) is 0 Å². The van der Waals surface area contributed by atoms with E-state index in [0.29, 0.717) is 0 Å². The molecule has 1 aromatic carbocycles. The standard InChI is InChI=1S/C8H4BrClS2/c9-4-1-2-6-5(3-4)7(10)8(11)12-6/h1-3,11H. The lowest BCUT2D eigenvalue weighted by atomic mass is 10.3. The maximum Gasteiger partial charge on any atom is 0.0767 e. The van der Waals surface area contributed by atoms with Gasteiger partial charge in [0.1, 0.15) is 0 Å². The SMILES string of the molecule is Sc1sc2ccc(Br)cc2c1Cl. The van der Waals surface area contributed by atoms with Crippen LogP contribution in [-0.4, -0.2) is 0 Å². The number of hydrogen-bond acceptors (Lipinski definition) is 2. The summed E-state index contributed by atoms with van der Waals surface area (Å²) < 4.78 is 3.10. The van der Waals surface area contributed by atoms with Gasteiger partial charge in [-0.05, 0) is 18.2 Å². The minimum absolute atomic E-state index is 0.750. The molecule has 62 valence electrons. The quantitative estimate of drug-likeness (QED) is 0.669. The van der Waals surface area contributed by atoms with Crippen LogP contribution in [-0.2, 0) is 0 Å². The molecule has 2 rings (SSSR count). The Morgan fingerprint density at radius 2 is 2.17 bits per heavy atom. The van der Waals surface area contributed by atoms with Gasteiger partial charge in [-0.3, -0.25) is 0 Å². The van der Waals surface area contributed by atoms with Crippen molar-refractivity contribution in [1.82, 2.24) is 0 Å². The first-order valence-corrected chi connectivity index (χ1v) is 5.68. The van der Waals surface area contributed by atoms with Gasteiger partial charge in [0.15, 0.2) is 0 Å². The number of hydrogen-bond donors (Lipinski definition) is 1. The molecule has 0 N–H and O–H groups in total. The third kappa shape index (κ3) is 1.39.